The van der Waals surface area contributed by atoms with Crippen LogP contribution in [0.5, 0.6) is 17.2 Å². The van der Waals surface area contributed by atoms with Gasteiger partial charge in [0.1, 0.15) is 36.5 Å². The summed E-state index contributed by atoms with van der Waals surface area (Å²) in [6.07, 6.45) is -4.76. The number of hydrogen-bond acceptors (Lipinski definition) is 6. The largest absolute Gasteiger partial charge is 0.573 e. The average Bonchev–Trinajstić information content (AvgIpc) is 2.98. The summed E-state index contributed by atoms with van der Waals surface area (Å²) in [5.41, 5.74) is 11.2. The number of hydrogen-bond donors (Lipinski definition) is 2. The minimum Gasteiger partial charge on any atom is -0.489 e. The second-order valence-corrected chi connectivity index (χ2v) is 10.9. The fourth-order valence-electron chi connectivity index (χ4n) is 4.86. The topological polar surface area (TPSA) is 94.3 Å². The monoisotopic (exact) mass is 622 g/mol. The van der Waals surface area contributed by atoms with Gasteiger partial charge in [0, 0.05) is 30.8 Å². The van der Waals surface area contributed by atoms with Gasteiger partial charge in [0.15, 0.2) is 0 Å². The molecule has 0 radical (unpaired) electrons. The zero-order valence-corrected chi connectivity index (χ0v) is 25.2. The van der Waals surface area contributed by atoms with Crippen LogP contribution in [0.25, 0.3) is 0 Å². The number of para-hydroxylation sites is 1. The van der Waals surface area contributed by atoms with Crippen molar-refractivity contribution in [3.05, 3.63) is 124 Å². The van der Waals surface area contributed by atoms with E-state index < -0.39 is 18.4 Å². The van der Waals surface area contributed by atoms with Crippen molar-refractivity contribution in [2.75, 3.05) is 6.54 Å². The molecule has 7 nitrogen and oxygen atoms in total. The van der Waals surface area contributed by atoms with Crippen molar-refractivity contribution in [1.82, 2.24) is 4.90 Å². The first-order valence-corrected chi connectivity index (χ1v) is 14.5. The van der Waals surface area contributed by atoms with Gasteiger partial charge in [-0.25, -0.2) is 0 Å². The van der Waals surface area contributed by atoms with Crippen LogP contribution in [-0.2, 0) is 31.1 Å². The zero-order valence-electron chi connectivity index (χ0n) is 25.2. The molecule has 45 heavy (non-hydrogen) atoms. The van der Waals surface area contributed by atoms with Crippen LogP contribution in [0.15, 0.2) is 91.0 Å². The number of halogens is 3. The summed E-state index contributed by atoms with van der Waals surface area (Å²) >= 11 is 0. The molecule has 4 rings (SSSR count). The van der Waals surface area contributed by atoms with Crippen molar-refractivity contribution in [3.63, 3.8) is 0 Å². The number of carbonyl (C=O) groups is 1. The second kappa shape index (κ2) is 15.5. The van der Waals surface area contributed by atoms with Crippen LogP contribution >= 0.6 is 0 Å². The highest BCUT2D eigenvalue weighted by Gasteiger charge is 2.31. The first-order valence-electron chi connectivity index (χ1n) is 14.5. The third kappa shape index (κ3) is 10.8. The highest BCUT2D eigenvalue weighted by atomic mass is 19.4. The van der Waals surface area contributed by atoms with Crippen molar-refractivity contribution in [2.45, 2.75) is 59.0 Å². The third-order valence-electron chi connectivity index (χ3n) is 7.05. The van der Waals surface area contributed by atoms with E-state index in [9.17, 15) is 23.1 Å². The molecule has 0 bridgehead atoms. The Hall–Kier alpha value is -4.54. The van der Waals surface area contributed by atoms with Crippen molar-refractivity contribution < 1.29 is 37.3 Å². The maximum absolute atomic E-state index is 13.1. The van der Waals surface area contributed by atoms with Crippen LogP contribution in [0, 0.1) is 13.8 Å². The number of aryl methyl sites for hydroxylation is 2. The van der Waals surface area contributed by atoms with Crippen LogP contribution in [0.2, 0.25) is 0 Å². The maximum atomic E-state index is 13.1. The molecule has 4 aromatic rings. The minimum atomic E-state index is -4.87. The Morgan fingerprint density at radius 1 is 0.800 bits per heavy atom. The number of nitrogens with two attached hydrogens (primary N) is 1. The summed E-state index contributed by atoms with van der Waals surface area (Å²) in [5.74, 6) is -0.511. The number of alkyl halides is 3. The molecule has 0 heterocycles. The van der Waals surface area contributed by atoms with E-state index >= 15 is 0 Å². The molecule has 1 atom stereocenters. The van der Waals surface area contributed by atoms with Gasteiger partial charge in [0.05, 0.1) is 0 Å². The number of carboxylic acids is 1. The zero-order chi connectivity index (χ0) is 32.4. The van der Waals surface area contributed by atoms with Crippen LogP contribution in [0.1, 0.15) is 39.8 Å². The van der Waals surface area contributed by atoms with Gasteiger partial charge in [-0.1, -0.05) is 77.9 Å². The highest BCUT2D eigenvalue weighted by molar-refractivity contribution is 5.73. The van der Waals surface area contributed by atoms with E-state index in [4.69, 9.17) is 15.2 Å². The van der Waals surface area contributed by atoms with E-state index in [0.717, 1.165) is 27.8 Å². The maximum Gasteiger partial charge on any atom is 0.573 e. The lowest BCUT2D eigenvalue weighted by molar-refractivity contribution is -0.274. The lowest BCUT2D eigenvalue weighted by Gasteiger charge is -2.26. The van der Waals surface area contributed by atoms with Crippen LogP contribution < -0.4 is 19.9 Å². The number of rotatable bonds is 15. The molecule has 0 amide bonds. The van der Waals surface area contributed by atoms with Gasteiger partial charge >= 0.3 is 12.3 Å². The quantitative estimate of drug-likeness (QED) is 0.145. The first kappa shape index (κ1) is 33.4. The van der Waals surface area contributed by atoms with E-state index in [1.165, 1.54) is 18.2 Å². The van der Waals surface area contributed by atoms with E-state index in [-0.39, 0.29) is 31.9 Å². The summed E-state index contributed by atoms with van der Waals surface area (Å²) in [7, 11) is 0. The minimum absolute atomic E-state index is 0.111. The summed E-state index contributed by atoms with van der Waals surface area (Å²) in [4.78, 5) is 13.4. The van der Waals surface area contributed by atoms with Crippen molar-refractivity contribution in [3.8, 4) is 17.2 Å². The van der Waals surface area contributed by atoms with E-state index in [1.54, 1.807) is 0 Å². The Morgan fingerprint density at radius 2 is 1.38 bits per heavy atom. The standard InChI is InChI=1S/C35H37F3N2O5/c1-24-7-5-9-26(17-24)22-43-32-12-4-3-11-28(32)20-40(16-15-31(39)34(41)42)21-29-19-30(45-35(36,37)38)13-14-33(29)44-23-27-10-6-8-25(2)18-27/h3-14,17-19,31H,15-16,20-23,39H2,1-2H3,(H,41,42)/t31-/m0/s1. The Morgan fingerprint density at radius 3 is 1.96 bits per heavy atom. The lowest BCUT2D eigenvalue weighted by Crippen LogP contribution is -2.35. The van der Waals surface area contributed by atoms with Gasteiger partial charge in [0.25, 0.3) is 0 Å². The average molecular weight is 623 g/mol. The molecule has 0 aliphatic heterocycles. The second-order valence-electron chi connectivity index (χ2n) is 10.9. The van der Waals surface area contributed by atoms with Crippen molar-refractivity contribution >= 4 is 5.97 Å². The van der Waals surface area contributed by atoms with Gasteiger partial charge < -0.3 is 25.1 Å². The number of ether oxygens (including phenoxy) is 3. The first-order chi connectivity index (χ1) is 21.4. The molecule has 0 aliphatic carbocycles. The number of nitrogens with zero attached hydrogens (tertiary/aromatic N) is 1. The van der Waals surface area contributed by atoms with Gasteiger partial charge in [-0.15, -0.1) is 13.2 Å². The molecular formula is C35H37F3N2O5. The molecule has 0 aliphatic rings. The number of carboxylic acid groups (broad SMARTS) is 1. The summed E-state index contributed by atoms with van der Waals surface area (Å²) in [6, 6.07) is 26.0. The normalized spacial score (nSPS) is 12.2. The molecule has 238 valence electrons. The lowest BCUT2D eigenvalue weighted by atomic mass is 10.1. The summed E-state index contributed by atoms with van der Waals surface area (Å²) < 4.78 is 55.9. The predicted molar refractivity (Wildman–Crippen MR) is 165 cm³/mol. The van der Waals surface area contributed by atoms with Gasteiger partial charge in [-0.3, -0.25) is 9.69 Å². The molecule has 4 aromatic carbocycles. The molecule has 0 spiro atoms. The Labute approximate surface area is 261 Å². The van der Waals surface area contributed by atoms with Gasteiger partial charge in [-0.2, -0.15) is 0 Å². The van der Waals surface area contributed by atoms with Crippen LogP contribution in [0.4, 0.5) is 13.2 Å². The van der Waals surface area contributed by atoms with Gasteiger partial charge in [0.2, 0.25) is 0 Å². The molecule has 0 saturated carbocycles. The van der Waals surface area contributed by atoms with E-state index in [2.05, 4.69) is 4.74 Å². The predicted octanol–water partition coefficient (Wildman–Crippen LogP) is 7.16. The Kier molecular flexibility index (Phi) is 11.5. The molecule has 10 heteroatoms. The number of benzene rings is 4. The summed E-state index contributed by atoms with van der Waals surface area (Å²) in [5, 5.41) is 9.40. The molecule has 0 fully saturated rings. The molecule has 0 saturated heterocycles. The van der Waals surface area contributed by atoms with Gasteiger partial charge in [-0.05, 0) is 55.7 Å². The molecule has 3 N–H and O–H groups in total. The van der Waals surface area contributed by atoms with Crippen LogP contribution in [-0.4, -0.2) is 34.9 Å². The molecule has 0 unspecified atom stereocenters. The van der Waals surface area contributed by atoms with Crippen molar-refractivity contribution in [1.29, 1.82) is 0 Å². The Balaban J connectivity index is 1.61. The van der Waals surface area contributed by atoms with Crippen LogP contribution in [0.3, 0.4) is 0 Å². The SMILES string of the molecule is Cc1cccc(COc2ccccc2CN(CC[C@H](N)C(=O)O)Cc2cc(OC(F)(F)F)ccc2OCc2cccc(C)c2)c1. The fraction of sp³-hybridized carbons (Fsp3) is 0.286. The third-order valence-corrected chi connectivity index (χ3v) is 7.05. The number of aliphatic carboxylic acids is 1. The van der Waals surface area contributed by atoms with Crippen molar-refractivity contribution in [2.24, 2.45) is 5.73 Å². The fourth-order valence-corrected chi connectivity index (χ4v) is 4.86. The highest BCUT2D eigenvalue weighted by Crippen LogP contribution is 2.31. The van der Waals surface area contributed by atoms with E-state index in [1.807, 2.05) is 91.5 Å². The molecular weight excluding hydrogens is 585 g/mol. The molecule has 0 aromatic heterocycles. The summed E-state index contributed by atoms with van der Waals surface area (Å²) in [6.45, 7) is 5.17. The smallest absolute Gasteiger partial charge is 0.489 e. The van der Waals surface area contributed by atoms with E-state index in [0.29, 0.717) is 30.2 Å². The Bertz CT molecular complexity index is 1580.